The van der Waals surface area contributed by atoms with Crippen LogP contribution in [0.4, 0.5) is 36.3 Å². The zero-order valence-electron chi connectivity index (χ0n) is 14.0. The summed E-state index contributed by atoms with van der Waals surface area (Å²) in [7, 11) is -4.35. The molecule has 3 rings (SSSR count). The highest BCUT2D eigenvalue weighted by Crippen LogP contribution is 2.34. The van der Waals surface area contributed by atoms with Gasteiger partial charge in [0.15, 0.2) is 0 Å². The molecule has 1 aromatic heterocycles. The third-order valence-electron chi connectivity index (χ3n) is 3.73. The van der Waals surface area contributed by atoms with E-state index in [0.717, 1.165) is 0 Å². The Morgan fingerprint density at radius 3 is 2.71 bits per heavy atom. The number of amides is 1. The van der Waals surface area contributed by atoms with E-state index in [0.29, 0.717) is 23.1 Å². The van der Waals surface area contributed by atoms with Crippen molar-refractivity contribution in [3.05, 3.63) is 35.5 Å². The smallest absolute Gasteiger partial charge is 0.368 e. The molecule has 0 saturated heterocycles. The van der Waals surface area contributed by atoms with Gasteiger partial charge in [0.25, 0.3) is 10.1 Å². The molecule has 0 atom stereocenters. The summed E-state index contributed by atoms with van der Waals surface area (Å²) in [5, 5.41) is 7.64. The largest absolute Gasteiger partial charge is 0.421 e. The fourth-order valence-corrected chi connectivity index (χ4v) is 2.88. The lowest BCUT2D eigenvalue weighted by Gasteiger charge is -2.14. The van der Waals surface area contributed by atoms with Crippen molar-refractivity contribution in [1.29, 1.82) is 0 Å². The summed E-state index contributed by atoms with van der Waals surface area (Å²) in [5.41, 5.74) is 0.640. The van der Waals surface area contributed by atoms with Crippen molar-refractivity contribution < 1.29 is 30.9 Å². The first-order chi connectivity index (χ1) is 13.0. The van der Waals surface area contributed by atoms with E-state index in [1.54, 1.807) is 18.2 Å². The second kappa shape index (κ2) is 7.24. The standard InChI is InChI=1S/C15H14F3N5O4S/c16-15(17,18)10-7-20-14(23-13(10)19-3-4-28(25,26)27)21-9-1-2-11-8(5-9)6-12(24)22-11/h1-2,5,7H,3-4,6H2,(H,22,24)(H,25,26,27)(H2,19,20,21,23). The second-order valence-corrected chi connectivity index (χ2v) is 7.46. The SMILES string of the molecule is O=C1Cc2cc(Nc3ncc(C(F)(F)F)c(NCCS(=O)(=O)O)n3)ccc2N1. The molecule has 2 aromatic rings. The molecule has 2 heterocycles. The third kappa shape index (κ3) is 4.86. The number of alkyl halides is 3. The van der Waals surface area contributed by atoms with E-state index >= 15 is 0 Å². The lowest BCUT2D eigenvalue weighted by Crippen LogP contribution is -2.19. The zero-order valence-corrected chi connectivity index (χ0v) is 14.9. The molecule has 0 bridgehead atoms. The van der Waals surface area contributed by atoms with Gasteiger partial charge in [0.2, 0.25) is 11.9 Å². The predicted molar refractivity (Wildman–Crippen MR) is 94.0 cm³/mol. The number of nitrogens with one attached hydrogen (secondary N) is 3. The van der Waals surface area contributed by atoms with Gasteiger partial charge in [-0.1, -0.05) is 0 Å². The van der Waals surface area contributed by atoms with E-state index in [-0.39, 0.29) is 18.3 Å². The average Bonchev–Trinajstić information content (AvgIpc) is 2.92. The number of benzene rings is 1. The molecule has 0 radical (unpaired) electrons. The normalized spacial score (nSPS) is 13.8. The Morgan fingerprint density at radius 1 is 1.29 bits per heavy atom. The Labute approximate surface area is 157 Å². The summed E-state index contributed by atoms with van der Waals surface area (Å²) in [6, 6.07) is 4.87. The maximum atomic E-state index is 13.1. The number of carbonyl (C=O) groups is 1. The van der Waals surface area contributed by atoms with Gasteiger partial charge in [-0.3, -0.25) is 9.35 Å². The van der Waals surface area contributed by atoms with E-state index in [4.69, 9.17) is 4.55 Å². The average molecular weight is 417 g/mol. The Hall–Kier alpha value is -2.93. The molecular weight excluding hydrogens is 403 g/mol. The van der Waals surface area contributed by atoms with Crippen molar-refractivity contribution in [2.24, 2.45) is 0 Å². The van der Waals surface area contributed by atoms with Crippen LogP contribution in [-0.4, -0.2) is 41.1 Å². The van der Waals surface area contributed by atoms with E-state index in [1.807, 2.05) is 0 Å². The van der Waals surface area contributed by atoms with Crippen LogP contribution in [0, 0.1) is 0 Å². The second-order valence-electron chi connectivity index (χ2n) is 5.89. The summed E-state index contributed by atoms with van der Waals surface area (Å²) in [5.74, 6) is -1.75. The fourth-order valence-electron chi connectivity index (χ4n) is 2.52. The van der Waals surface area contributed by atoms with Crippen molar-refractivity contribution in [1.82, 2.24) is 9.97 Å². The minimum atomic E-state index is -4.77. The first-order valence-electron chi connectivity index (χ1n) is 7.84. The first kappa shape index (κ1) is 19.8. The molecule has 28 heavy (non-hydrogen) atoms. The van der Waals surface area contributed by atoms with Gasteiger partial charge in [-0.2, -0.15) is 26.6 Å². The number of anilines is 4. The molecule has 1 amide bonds. The van der Waals surface area contributed by atoms with Crippen molar-refractivity contribution in [3.8, 4) is 0 Å². The number of rotatable bonds is 6. The van der Waals surface area contributed by atoms with Crippen molar-refractivity contribution in [2.75, 3.05) is 28.2 Å². The Bertz CT molecular complexity index is 1030. The fraction of sp³-hybridized carbons (Fsp3) is 0.267. The van der Waals surface area contributed by atoms with Gasteiger partial charge in [0, 0.05) is 24.1 Å². The van der Waals surface area contributed by atoms with Crippen LogP contribution in [0.25, 0.3) is 0 Å². The number of fused-ring (bicyclic) bond motifs is 1. The van der Waals surface area contributed by atoms with Crippen molar-refractivity contribution >= 4 is 39.2 Å². The van der Waals surface area contributed by atoms with Gasteiger partial charge >= 0.3 is 6.18 Å². The van der Waals surface area contributed by atoms with Crippen LogP contribution in [0.2, 0.25) is 0 Å². The van der Waals surface area contributed by atoms with Crippen LogP contribution in [0.3, 0.4) is 0 Å². The minimum absolute atomic E-state index is 0.164. The zero-order chi connectivity index (χ0) is 20.5. The van der Waals surface area contributed by atoms with Gasteiger partial charge in [0.1, 0.15) is 11.4 Å². The number of carbonyl (C=O) groups excluding carboxylic acids is 1. The van der Waals surface area contributed by atoms with Gasteiger partial charge in [0.05, 0.1) is 12.2 Å². The molecule has 13 heteroatoms. The van der Waals surface area contributed by atoms with Gasteiger partial charge in [-0.15, -0.1) is 0 Å². The molecule has 0 saturated carbocycles. The van der Waals surface area contributed by atoms with Crippen LogP contribution >= 0.6 is 0 Å². The molecule has 0 aliphatic carbocycles. The highest BCUT2D eigenvalue weighted by atomic mass is 32.2. The molecule has 4 N–H and O–H groups in total. The molecule has 9 nitrogen and oxygen atoms in total. The van der Waals surface area contributed by atoms with Gasteiger partial charge in [-0.05, 0) is 23.8 Å². The van der Waals surface area contributed by atoms with Crippen molar-refractivity contribution in [3.63, 3.8) is 0 Å². The predicted octanol–water partition coefficient (Wildman–Crippen LogP) is 2.03. The Kier molecular flexibility index (Phi) is 5.12. The summed E-state index contributed by atoms with van der Waals surface area (Å²) >= 11 is 0. The first-order valence-corrected chi connectivity index (χ1v) is 9.45. The molecule has 0 spiro atoms. The van der Waals surface area contributed by atoms with Crippen molar-refractivity contribution in [2.45, 2.75) is 12.6 Å². The number of hydrogen-bond acceptors (Lipinski definition) is 7. The molecule has 1 aliphatic heterocycles. The highest BCUT2D eigenvalue weighted by molar-refractivity contribution is 7.85. The van der Waals surface area contributed by atoms with E-state index in [1.165, 1.54) is 0 Å². The molecule has 0 unspecified atom stereocenters. The minimum Gasteiger partial charge on any atom is -0.368 e. The number of aromatic nitrogens is 2. The summed E-state index contributed by atoms with van der Waals surface area (Å²) in [6.07, 6.45) is -4.02. The molecule has 1 aromatic carbocycles. The quantitative estimate of drug-likeness (QED) is 0.525. The van der Waals surface area contributed by atoms with Crippen LogP contribution in [0.1, 0.15) is 11.1 Å². The maximum absolute atomic E-state index is 13.1. The van der Waals surface area contributed by atoms with Crippen LogP contribution in [-0.2, 0) is 27.5 Å². The Morgan fingerprint density at radius 2 is 2.04 bits per heavy atom. The molecule has 1 aliphatic rings. The van der Waals surface area contributed by atoms with Crippen LogP contribution in [0.15, 0.2) is 24.4 Å². The molecular formula is C15H14F3N5O4S. The monoisotopic (exact) mass is 417 g/mol. The number of halogens is 3. The number of hydrogen-bond donors (Lipinski definition) is 4. The summed E-state index contributed by atoms with van der Waals surface area (Å²) < 4.78 is 69.5. The van der Waals surface area contributed by atoms with E-state index in [2.05, 4.69) is 25.9 Å². The molecule has 0 fully saturated rings. The number of nitrogens with zero attached hydrogens (tertiary/aromatic N) is 2. The Balaban J connectivity index is 1.83. The molecule has 150 valence electrons. The summed E-state index contributed by atoms with van der Waals surface area (Å²) in [6.45, 7) is -0.481. The third-order valence-corrected chi connectivity index (χ3v) is 4.45. The van der Waals surface area contributed by atoms with E-state index in [9.17, 15) is 26.4 Å². The van der Waals surface area contributed by atoms with Crippen LogP contribution < -0.4 is 16.0 Å². The van der Waals surface area contributed by atoms with E-state index < -0.39 is 40.0 Å². The van der Waals surface area contributed by atoms with Gasteiger partial charge < -0.3 is 16.0 Å². The maximum Gasteiger partial charge on any atom is 0.421 e. The lowest BCUT2D eigenvalue weighted by molar-refractivity contribution is -0.137. The topological polar surface area (TPSA) is 133 Å². The van der Waals surface area contributed by atoms with Gasteiger partial charge in [-0.25, -0.2) is 4.98 Å². The highest BCUT2D eigenvalue weighted by Gasteiger charge is 2.35. The lowest BCUT2D eigenvalue weighted by atomic mass is 10.1. The summed E-state index contributed by atoms with van der Waals surface area (Å²) in [4.78, 5) is 18.8. The van der Waals surface area contributed by atoms with Crippen LogP contribution in [0.5, 0.6) is 0 Å².